The van der Waals surface area contributed by atoms with Gasteiger partial charge in [0.05, 0.1) is 0 Å². The number of amides is 6. The van der Waals surface area contributed by atoms with E-state index in [0.29, 0.717) is 94.7 Å². The molecule has 360 valence electrons. The summed E-state index contributed by atoms with van der Waals surface area (Å²) in [6.07, 6.45) is 9.38. The monoisotopic (exact) mass is 942 g/mol. The summed E-state index contributed by atoms with van der Waals surface area (Å²) < 4.78 is 16.2. The van der Waals surface area contributed by atoms with E-state index in [0.717, 1.165) is 16.7 Å². The van der Waals surface area contributed by atoms with E-state index in [9.17, 15) is 28.8 Å². The standard InChI is InChI=1S/C45H78N6O9S3/c1-43(2,3)58-40(55)49-34(19-25-61-10)37(52)46-22-13-16-31-28-32(17-14-23-47-38(53)35(20-26-62-11)50-41(56)59-44(4,5)6)30-33(29-31)18-15-24-48-39(54)36(21-27-63-12)51-42(57)60-45(7,8)9/h28-30,34-36H,13-27H2,1-12H3,(H,46,52)(H,47,53)(H,48,54)(H,49,55)(H,50,56)(H,51,57)/t34-,35-,36-/m0/s1. The van der Waals surface area contributed by atoms with E-state index in [4.69, 9.17) is 14.2 Å². The molecule has 0 heterocycles. The molecule has 0 aromatic heterocycles. The fourth-order valence-electron chi connectivity index (χ4n) is 6.02. The average molecular weight is 943 g/mol. The van der Waals surface area contributed by atoms with Crippen LogP contribution in [-0.2, 0) is 47.9 Å². The second-order valence-electron chi connectivity index (χ2n) is 18.3. The van der Waals surface area contributed by atoms with E-state index in [1.165, 1.54) is 0 Å². The molecule has 63 heavy (non-hydrogen) atoms. The largest absolute Gasteiger partial charge is 0.444 e. The van der Waals surface area contributed by atoms with E-state index >= 15 is 0 Å². The van der Waals surface area contributed by atoms with E-state index in [-0.39, 0.29) is 17.7 Å². The molecule has 6 N–H and O–H groups in total. The number of aryl methyl sites for hydroxylation is 3. The van der Waals surface area contributed by atoms with E-state index < -0.39 is 53.2 Å². The summed E-state index contributed by atoms with van der Waals surface area (Å²) in [4.78, 5) is 76.9. The van der Waals surface area contributed by atoms with Crippen LogP contribution < -0.4 is 31.9 Å². The number of nitrogens with one attached hydrogen (secondary N) is 6. The quantitative estimate of drug-likeness (QED) is 0.0400. The van der Waals surface area contributed by atoms with Crippen molar-refractivity contribution in [2.45, 2.75) is 155 Å². The smallest absolute Gasteiger partial charge is 0.408 e. The fourth-order valence-corrected chi connectivity index (χ4v) is 7.43. The van der Waals surface area contributed by atoms with Crippen molar-refractivity contribution in [3.05, 3.63) is 34.9 Å². The summed E-state index contributed by atoms with van der Waals surface area (Å²) in [5, 5.41) is 17.1. The molecule has 0 radical (unpaired) electrons. The van der Waals surface area contributed by atoms with E-state index in [2.05, 4.69) is 50.1 Å². The maximum atomic E-state index is 13.2. The number of hydrogen-bond acceptors (Lipinski definition) is 12. The lowest BCUT2D eigenvalue weighted by molar-refractivity contribution is -0.123. The summed E-state index contributed by atoms with van der Waals surface area (Å²) in [6, 6.07) is 4.28. The number of alkyl carbamates (subject to hydrolysis) is 3. The van der Waals surface area contributed by atoms with Gasteiger partial charge < -0.3 is 46.1 Å². The SMILES string of the molecule is CSCC[C@H](NC(=O)OC(C)(C)C)C(=O)NCCCc1cc(CCCNC(=O)[C@H](CCSC)NC(=O)OC(C)(C)C)cc(CCCNC(=O)[C@H](CCSC)NC(=O)OC(C)(C)C)c1. The second kappa shape index (κ2) is 29.8. The Bertz CT molecular complexity index is 1390. The summed E-state index contributed by atoms with van der Waals surface area (Å²) in [7, 11) is 0. The molecule has 0 fully saturated rings. The second-order valence-corrected chi connectivity index (χ2v) is 21.2. The first-order valence-corrected chi connectivity index (χ1v) is 26.0. The predicted molar refractivity (Wildman–Crippen MR) is 259 cm³/mol. The van der Waals surface area contributed by atoms with Crippen LogP contribution in [0.3, 0.4) is 0 Å². The van der Waals surface area contributed by atoms with Gasteiger partial charge in [-0.05, 0) is 173 Å². The molecule has 0 spiro atoms. The number of carbonyl (C=O) groups excluding carboxylic acids is 6. The molecule has 0 saturated carbocycles. The fraction of sp³-hybridized carbons (Fsp3) is 0.733. The van der Waals surface area contributed by atoms with E-state index in [1.807, 2.05) is 18.8 Å². The molecule has 18 heteroatoms. The van der Waals surface area contributed by atoms with Crippen LogP contribution in [0.2, 0.25) is 0 Å². The Morgan fingerprint density at radius 2 is 0.698 bits per heavy atom. The van der Waals surface area contributed by atoms with Crippen LogP contribution in [0.4, 0.5) is 14.4 Å². The normalized spacial score (nSPS) is 13.1. The van der Waals surface area contributed by atoms with Crippen LogP contribution in [0.1, 0.15) is 118 Å². The highest BCUT2D eigenvalue weighted by molar-refractivity contribution is 7.98. The molecule has 0 aliphatic heterocycles. The minimum absolute atomic E-state index is 0.262. The Balaban J connectivity index is 3.05. The first kappa shape index (κ1) is 57.5. The van der Waals surface area contributed by atoms with Crippen molar-refractivity contribution in [2.24, 2.45) is 0 Å². The first-order chi connectivity index (χ1) is 29.4. The van der Waals surface area contributed by atoms with Crippen molar-refractivity contribution in [2.75, 3.05) is 55.7 Å². The maximum absolute atomic E-state index is 13.2. The van der Waals surface area contributed by atoms with Crippen molar-refractivity contribution in [3.8, 4) is 0 Å². The van der Waals surface area contributed by atoms with Gasteiger partial charge in [-0.2, -0.15) is 35.3 Å². The topological polar surface area (TPSA) is 202 Å². The van der Waals surface area contributed by atoms with Gasteiger partial charge in [-0.15, -0.1) is 0 Å². The van der Waals surface area contributed by atoms with Crippen molar-refractivity contribution in [1.82, 2.24) is 31.9 Å². The first-order valence-electron chi connectivity index (χ1n) is 21.9. The lowest BCUT2D eigenvalue weighted by Gasteiger charge is -2.23. The predicted octanol–water partition coefficient (Wildman–Crippen LogP) is 6.77. The number of thioether (sulfide) groups is 3. The van der Waals surface area contributed by atoms with Crippen molar-refractivity contribution in [3.63, 3.8) is 0 Å². The molecule has 15 nitrogen and oxygen atoms in total. The summed E-state index contributed by atoms with van der Waals surface area (Å²) in [6.45, 7) is 17.2. The molecular formula is C45H78N6O9S3. The summed E-state index contributed by atoms with van der Waals surface area (Å²) in [5.41, 5.74) is 1.21. The molecule has 0 bridgehead atoms. The summed E-state index contributed by atoms with van der Waals surface area (Å²) >= 11 is 4.78. The Morgan fingerprint density at radius 1 is 0.460 bits per heavy atom. The Hall–Kier alpha value is -3.51. The van der Waals surface area contributed by atoms with Crippen molar-refractivity contribution >= 4 is 71.3 Å². The molecule has 0 saturated heterocycles. The van der Waals surface area contributed by atoms with Gasteiger partial charge in [0.2, 0.25) is 17.7 Å². The van der Waals surface area contributed by atoms with E-state index in [1.54, 1.807) is 97.6 Å². The van der Waals surface area contributed by atoms with Gasteiger partial charge in [-0.3, -0.25) is 14.4 Å². The molecule has 0 unspecified atom stereocenters. The summed E-state index contributed by atoms with van der Waals surface area (Å²) in [5.74, 6) is 1.30. The molecular weight excluding hydrogens is 865 g/mol. The Labute approximate surface area is 390 Å². The van der Waals surface area contributed by atoms with Crippen molar-refractivity contribution < 1.29 is 43.0 Å². The van der Waals surface area contributed by atoms with Gasteiger partial charge >= 0.3 is 18.3 Å². The van der Waals surface area contributed by atoms with Crippen LogP contribution >= 0.6 is 35.3 Å². The minimum atomic E-state index is -0.717. The molecule has 3 atom stereocenters. The average Bonchev–Trinajstić information content (AvgIpc) is 3.16. The van der Waals surface area contributed by atoms with Crippen LogP contribution in [0.5, 0.6) is 0 Å². The number of hydrogen-bond donors (Lipinski definition) is 6. The zero-order chi connectivity index (χ0) is 47.6. The van der Waals surface area contributed by atoms with Crippen LogP contribution in [0.15, 0.2) is 18.2 Å². The van der Waals surface area contributed by atoms with Gasteiger partial charge in [0.1, 0.15) is 34.9 Å². The van der Waals surface area contributed by atoms with Gasteiger partial charge in [-0.1, -0.05) is 18.2 Å². The third-order valence-corrected chi connectivity index (χ3v) is 10.7. The molecule has 0 aliphatic carbocycles. The Kier molecular flexibility index (Phi) is 27.2. The van der Waals surface area contributed by atoms with Crippen LogP contribution in [0.25, 0.3) is 0 Å². The minimum Gasteiger partial charge on any atom is -0.444 e. The zero-order valence-corrected chi connectivity index (χ0v) is 42.4. The highest BCUT2D eigenvalue weighted by Gasteiger charge is 2.26. The van der Waals surface area contributed by atoms with Gasteiger partial charge in [0, 0.05) is 19.6 Å². The van der Waals surface area contributed by atoms with Crippen LogP contribution in [0, 0.1) is 0 Å². The van der Waals surface area contributed by atoms with Gasteiger partial charge in [-0.25, -0.2) is 14.4 Å². The number of benzene rings is 1. The molecule has 1 aromatic carbocycles. The molecule has 0 aliphatic rings. The highest BCUT2D eigenvalue weighted by Crippen LogP contribution is 2.17. The van der Waals surface area contributed by atoms with Crippen LogP contribution in [-0.4, -0.2) is 127 Å². The molecule has 1 aromatic rings. The lowest BCUT2D eigenvalue weighted by Crippen LogP contribution is -2.48. The zero-order valence-electron chi connectivity index (χ0n) is 40.0. The van der Waals surface area contributed by atoms with Gasteiger partial charge in [0.25, 0.3) is 0 Å². The number of carbonyl (C=O) groups is 6. The number of rotatable bonds is 27. The third kappa shape index (κ3) is 28.8. The molecule has 1 rings (SSSR count). The lowest BCUT2D eigenvalue weighted by atomic mass is 9.97. The van der Waals surface area contributed by atoms with Crippen molar-refractivity contribution in [1.29, 1.82) is 0 Å². The van der Waals surface area contributed by atoms with Gasteiger partial charge in [0.15, 0.2) is 0 Å². The highest BCUT2D eigenvalue weighted by atomic mass is 32.2. The maximum Gasteiger partial charge on any atom is 0.408 e. The molecule has 6 amide bonds. The third-order valence-electron chi connectivity index (χ3n) is 8.79. The number of ether oxygens (including phenoxy) is 3. The Morgan fingerprint density at radius 3 is 0.905 bits per heavy atom.